The van der Waals surface area contributed by atoms with Crippen molar-refractivity contribution in [2.24, 2.45) is 0 Å². The highest BCUT2D eigenvalue weighted by Crippen LogP contribution is 2.03. The second kappa shape index (κ2) is 8.32. The molecule has 2 amide bonds. The van der Waals surface area contributed by atoms with Crippen molar-refractivity contribution in [1.29, 1.82) is 0 Å². The van der Waals surface area contributed by atoms with E-state index in [4.69, 9.17) is 0 Å². The third kappa shape index (κ3) is 7.57. The van der Waals surface area contributed by atoms with Crippen LogP contribution < -0.4 is 10.6 Å². The van der Waals surface area contributed by atoms with Crippen LogP contribution in [0.4, 0.5) is 0 Å². The summed E-state index contributed by atoms with van der Waals surface area (Å²) in [6.45, 7) is 5.58. The lowest BCUT2D eigenvalue weighted by atomic mass is 10.1. The van der Waals surface area contributed by atoms with Crippen LogP contribution in [-0.2, 0) is 20.8 Å². The van der Waals surface area contributed by atoms with Gasteiger partial charge in [-0.3, -0.25) is 9.59 Å². The summed E-state index contributed by atoms with van der Waals surface area (Å²) in [6.07, 6.45) is 1.45. The number of nitrogens with one attached hydrogen (secondary N) is 2. The molecule has 0 aliphatic heterocycles. The molecule has 0 radical (unpaired) electrons. The van der Waals surface area contributed by atoms with Crippen LogP contribution in [0, 0.1) is 0 Å². The summed E-state index contributed by atoms with van der Waals surface area (Å²) in [5.41, 5.74) is 0.702. The molecule has 0 fully saturated rings. The molecule has 0 spiro atoms. The average molecular weight is 304 g/mol. The number of aryl methyl sites for hydroxylation is 1. The molecule has 0 bridgehead atoms. The van der Waals surface area contributed by atoms with Gasteiger partial charge in [-0.1, -0.05) is 30.3 Å². The molecule has 0 heterocycles. The van der Waals surface area contributed by atoms with E-state index in [-0.39, 0.29) is 30.2 Å². The Labute approximate surface area is 131 Å². The van der Waals surface area contributed by atoms with E-state index in [1.807, 2.05) is 51.1 Å². The second-order valence-electron chi connectivity index (χ2n) is 6.30. The Bertz CT molecular complexity index is 506. The summed E-state index contributed by atoms with van der Waals surface area (Å²) >= 11 is 0. The molecule has 0 saturated carbocycles. The quantitative estimate of drug-likeness (QED) is 0.751. The van der Waals surface area contributed by atoms with E-state index in [9.17, 15) is 14.4 Å². The molecule has 0 aliphatic carbocycles. The van der Waals surface area contributed by atoms with Gasteiger partial charge in [0.2, 0.25) is 11.8 Å². The van der Waals surface area contributed by atoms with Crippen molar-refractivity contribution in [3.8, 4) is 0 Å². The van der Waals surface area contributed by atoms with Crippen LogP contribution in [0.15, 0.2) is 30.3 Å². The summed E-state index contributed by atoms with van der Waals surface area (Å²) in [4.78, 5) is 34.6. The van der Waals surface area contributed by atoms with E-state index in [1.54, 1.807) is 0 Å². The van der Waals surface area contributed by atoms with Gasteiger partial charge < -0.3 is 15.4 Å². The maximum absolute atomic E-state index is 11.9. The first-order chi connectivity index (χ1) is 10.3. The lowest BCUT2D eigenvalue weighted by Gasteiger charge is -2.21. The Morgan fingerprint density at radius 3 is 2.32 bits per heavy atom. The Balaban J connectivity index is 2.40. The third-order valence-corrected chi connectivity index (χ3v) is 2.91. The highest BCUT2D eigenvalue weighted by Gasteiger charge is 2.19. The summed E-state index contributed by atoms with van der Waals surface area (Å²) in [5, 5.41) is 5.35. The Morgan fingerprint density at radius 1 is 1.14 bits per heavy atom. The van der Waals surface area contributed by atoms with Crippen LogP contribution >= 0.6 is 0 Å². The molecule has 1 atom stereocenters. The molecular weight excluding hydrogens is 280 g/mol. The average Bonchev–Trinajstić information content (AvgIpc) is 2.43. The number of hydrogen-bond donors (Lipinski definition) is 2. The smallest absolute Gasteiger partial charge is 0.222 e. The monoisotopic (exact) mass is 304 g/mol. The summed E-state index contributed by atoms with van der Waals surface area (Å²) in [6, 6.07) is 8.85. The number of rotatable bonds is 7. The fourth-order valence-corrected chi connectivity index (χ4v) is 1.98. The summed E-state index contributed by atoms with van der Waals surface area (Å²) < 4.78 is 0. The van der Waals surface area contributed by atoms with Gasteiger partial charge in [0.15, 0.2) is 0 Å². The zero-order chi connectivity index (χ0) is 16.6. The van der Waals surface area contributed by atoms with Crippen molar-refractivity contribution in [3.63, 3.8) is 0 Å². The fourth-order valence-electron chi connectivity index (χ4n) is 1.98. The predicted molar refractivity (Wildman–Crippen MR) is 85.3 cm³/mol. The molecule has 1 rings (SSSR count). The molecule has 1 aromatic carbocycles. The molecule has 0 aromatic heterocycles. The number of amides is 2. The lowest BCUT2D eigenvalue weighted by molar-refractivity contribution is -0.127. The van der Waals surface area contributed by atoms with Crippen LogP contribution in [0.3, 0.4) is 0 Å². The highest BCUT2D eigenvalue weighted by molar-refractivity contribution is 5.85. The van der Waals surface area contributed by atoms with Crippen molar-refractivity contribution in [3.05, 3.63) is 35.9 Å². The van der Waals surface area contributed by atoms with Gasteiger partial charge in [-0.05, 0) is 32.8 Å². The standard InChI is InChI=1S/C17H24N2O3/c1-17(2,3)19-16(22)11-14(12-20)18-15(21)10-9-13-7-5-4-6-8-13/h4-8,12,14H,9-11H2,1-3H3,(H,18,21)(H,19,22)/t14-/m0/s1. The van der Waals surface area contributed by atoms with Gasteiger partial charge in [-0.25, -0.2) is 0 Å². The minimum absolute atomic E-state index is 0.0438. The first-order valence-corrected chi connectivity index (χ1v) is 7.40. The van der Waals surface area contributed by atoms with E-state index in [0.717, 1.165) is 5.56 Å². The molecule has 120 valence electrons. The maximum atomic E-state index is 11.9. The van der Waals surface area contributed by atoms with E-state index in [0.29, 0.717) is 12.7 Å². The van der Waals surface area contributed by atoms with Gasteiger partial charge in [0.1, 0.15) is 6.29 Å². The van der Waals surface area contributed by atoms with Crippen molar-refractivity contribution in [1.82, 2.24) is 10.6 Å². The molecule has 0 aliphatic rings. The van der Waals surface area contributed by atoms with Gasteiger partial charge in [-0.15, -0.1) is 0 Å². The van der Waals surface area contributed by atoms with Crippen LogP contribution in [-0.4, -0.2) is 29.7 Å². The van der Waals surface area contributed by atoms with Crippen molar-refractivity contribution in [2.75, 3.05) is 0 Å². The van der Waals surface area contributed by atoms with Gasteiger partial charge in [0.25, 0.3) is 0 Å². The van der Waals surface area contributed by atoms with Gasteiger partial charge in [-0.2, -0.15) is 0 Å². The fraction of sp³-hybridized carbons (Fsp3) is 0.471. The van der Waals surface area contributed by atoms with E-state index in [1.165, 1.54) is 0 Å². The molecule has 1 aromatic rings. The van der Waals surface area contributed by atoms with E-state index in [2.05, 4.69) is 10.6 Å². The van der Waals surface area contributed by atoms with E-state index < -0.39 is 6.04 Å². The van der Waals surface area contributed by atoms with Crippen molar-refractivity contribution < 1.29 is 14.4 Å². The van der Waals surface area contributed by atoms with Crippen LogP contribution in [0.1, 0.15) is 39.2 Å². The molecule has 5 nitrogen and oxygen atoms in total. The first-order valence-electron chi connectivity index (χ1n) is 7.40. The zero-order valence-corrected chi connectivity index (χ0v) is 13.4. The largest absolute Gasteiger partial charge is 0.351 e. The second-order valence-corrected chi connectivity index (χ2v) is 6.30. The zero-order valence-electron chi connectivity index (χ0n) is 13.4. The molecule has 0 unspecified atom stereocenters. The topological polar surface area (TPSA) is 75.3 Å². The number of hydrogen-bond acceptors (Lipinski definition) is 3. The van der Waals surface area contributed by atoms with Crippen molar-refractivity contribution in [2.45, 2.75) is 51.6 Å². The number of carbonyl (C=O) groups is 3. The van der Waals surface area contributed by atoms with Crippen molar-refractivity contribution >= 4 is 18.1 Å². The lowest BCUT2D eigenvalue weighted by Crippen LogP contribution is -2.45. The molecule has 5 heteroatoms. The van der Waals surface area contributed by atoms with Gasteiger partial charge in [0.05, 0.1) is 12.5 Å². The van der Waals surface area contributed by atoms with Crippen LogP contribution in [0.5, 0.6) is 0 Å². The maximum Gasteiger partial charge on any atom is 0.222 e. The SMILES string of the molecule is CC(C)(C)NC(=O)C[C@@H](C=O)NC(=O)CCc1ccccc1. The van der Waals surface area contributed by atoms with E-state index >= 15 is 0 Å². The Kier molecular flexibility index (Phi) is 6.76. The Morgan fingerprint density at radius 2 is 1.77 bits per heavy atom. The first kappa shape index (κ1) is 17.9. The van der Waals surface area contributed by atoms with Gasteiger partial charge >= 0.3 is 0 Å². The minimum Gasteiger partial charge on any atom is -0.351 e. The highest BCUT2D eigenvalue weighted by atomic mass is 16.2. The minimum atomic E-state index is -0.786. The van der Waals surface area contributed by atoms with Crippen LogP contribution in [0.2, 0.25) is 0 Å². The summed E-state index contributed by atoms with van der Waals surface area (Å²) in [5.74, 6) is -0.488. The number of aldehydes is 1. The molecule has 22 heavy (non-hydrogen) atoms. The molecule has 2 N–H and O–H groups in total. The van der Waals surface area contributed by atoms with Crippen LogP contribution in [0.25, 0.3) is 0 Å². The predicted octanol–water partition coefficient (Wildman–Crippen LogP) is 1.61. The Hall–Kier alpha value is -2.17. The molecule has 0 saturated heterocycles. The van der Waals surface area contributed by atoms with Gasteiger partial charge in [0, 0.05) is 12.0 Å². The normalized spacial score (nSPS) is 12.3. The molecular formula is C17H24N2O3. The number of benzene rings is 1. The number of carbonyl (C=O) groups excluding carboxylic acids is 3. The third-order valence-electron chi connectivity index (χ3n) is 2.91. The summed E-state index contributed by atoms with van der Waals surface area (Å²) in [7, 11) is 0.